The number of nitrogens with zero attached hydrogens (tertiary/aromatic N) is 3. The lowest BCUT2D eigenvalue weighted by Crippen LogP contribution is -2.52. The van der Waals surface area contributed by atoms with Crippen LogP contribution in [0.1, 0.15) is 25.7 Å². The van der Waals surface area contributed by atoms with Crippen LogP contribution < -0.4 is 10.1 Å². The number of carboxylic acids is 1. The van der Waals surface area contributed by atoms with E-state index in [1.807, 2.05) is 0 Å². The molecule has 23 heavy (non-hydrogen) atoms. The van der Waals surface area contributed by atoms with E-state index in [2.05, 4.69) is 20.2 Å². The highest BCUT2D eigenvalue weighted by Crippen LogP contribution is 2.35. The van der Waals surface area contributed by atoms with Crippen LogP contribution in [-0.4, -0.2) is 58.2 Å². The summed E-state index contributed by atoms with van der Waals surface area (Å²) in [7, 11) is 1.51. The van der Waals surface area contributed by atoms with E-state index >= 15 is 0 Å². The van der Waals surface area contributed by atoms with Crippen LogP contribution in [0, 0.1) is 5.92 Å². The van der Waals surface area contributed by atoms with Crippen LogP contribution in [-0.2, 0) is 4.79 Å². The van der Waals surface area contributed by atoms with Gasteiger partial charge in [-0.1, -0.05) is 11.6 Å². The number of aliphatic carboxylic acids is 1. The second kappa shape index (κ2) is 6.88. The van der Waals surface area contributed by atoms with Gasteiger partial charge in [0.1, 0.15) is 5.02 Å². The van der Waals surface area contributed by atoms with Crippen molar-refractivity contribution in [3.8, 4) is 6.01 Å². The normalized spacial score (nSPS) is 23.4. The smallest absolute Gasteiger partial charge is 0.318 e. The average Bonchev–Trinajstić information content (AvgIpc) is 3.27. The van der Waals surface area contributed by atoms with Crippen LogP contribution in [0.5, 0.6) is 6.01 Å². The van der Waals surface area contributed by atoms with Gasteiger partial charge in [-0.2, -0.15) is 4.98 Å². The van der Waals surface area contributed by atoms with Crippen LogP contribution in [0.3, 0.4) is 0 Å². The summed E-state index contributed by atoms with van der Waals surface area (Å²) in [6.45, 7) is 1.02. The number of hydrogen-bond acceptors (Lipinski definition) is 6. The summed E-state index contributed by atoms with van der Waals surface area (Å²) in [6, 6.07) is 0.827. The lowest BCUT2D eigenvalue weighted by Gasteiger charge is -2.43. The van der Waals surface area contributed by atoms with Crippen molar-refractivity contribution in [2.45, 2.75) is 37.8 Å². The molecule has 1 aromatic heterocycles. The molecule has 8 heteroatoms. The molecule has 2 N–H and O–H groups in total. The fourth-order valence-electron chi connectivity index (χ4n) is 2.90. The van der Waals surface area contributed by atoms with Crippen molar-refractivity contribution in [3.05, 3.63) is 11.2 Å². The third kappa shape index (κ3) is 4.23. The van der Waals surface area contributed by atoms with Crippen molar-refractivity contribution in [3.63, 3.8) is 0 Å². The Morgan fingerprint density at radius 3 is 2.87 bits per heavy atom. The minimum Gasteiger partial charge on any atom is -0.480 e. The molecule has 0 radical (unpaired) electrons. The number of aromatic nitrogens is 2. The van der Waals surface area contributed by atoms with E-state index in [1.54, 1.807) is 0 Å². The Kier molecular flexibility index (Phi) is 4.87. The average molecular weight is 341 g/mol. The summed E-state index contributed by atoms with van der Waals surface area (Å²) in [5, 5.41) is 12.8. The maximum Gasteiger partial charge on any atom is 0.318 e. The van der Waals surface area contributed by atoms with Crippen molar-refractivity contribution in [1.29, 1.82) is 0 Å². The summed E-state index contributed by atoms with van der Waals surface area (Å²) in [5.74, 6) is 0.488. The molecule has 0 bridgehead atoms. The Morgan fingerprint density at radius 2 is 2.26 bits per heavy atom. The van der Waals surface area contributed by atoms with E-state index in [-0.39, 0.29) is 18.6 Å². The zero-order valence-corrected chi connectivity index (χ0v) is 13.8. The molecule has 2 saturated carbocycles. The summed E-state index contributed by atoms with van der Waals surface area (Å²) >= 11 is 6.09. The fourth-order valence-corrected chi connectivity index (χ4v) is 3.04. The summed E-state index contributed by atoms with van der Waals surface area (Å²) in [4.78, 5) is 21.3. The van der Waals surface area contributed by atoms with Gasteiger partial charge in [-0.3, -0.25) is 9.69 Å². The lowest BCUT2D eigenvalue weighted by molar-refractivity contribution is -0.139. The van der Waals surface area contributed by atoms with Gasteiger partial charge in [0.25, 0.3) is 0 Å². The molecule has 0 atom stereocenters. The molecule has 0 aliphatic heterocycles. The van der Waals surface area contributed by atoms with Crippen molar-refractivity contribution in [1.82, 2.24) is 14.9 Å². The molecule has 126 valence electrons. The third-order valence-electron chi connectivity index (χ3n) is 4.40. The molecule has 2 aliphatic carbocycles. The van der Waals surface area contributed by atoms with Crippen molar-refractivity contribution >= 4 is 23.4 Å². The molecule has 2 aliphatic rings. The van der Waals surface area contributed by atoms with Gasteiger partial charge in [-0.25, -0.2) is 4.98 Å². The van der Waals surface area contributed by atoms with Crippen molar-refractivity contribution in [2.75, 3.05) is 25.5 Å². The van der Waals surface area contributed by atoms with E-state index < -0.39 is 5.97 Å². The number of rotatable bonds is 8. The first kappa shape index (κ1) is 16.3. The number of methoxy groups -OCH3 is 1. The first-order valence-corrected chi connectivity index (χ1v) is 8.22. The SMILES string of the molecule is COc1ncc(Cl)c(NC2CC(N(CC(=O)O)CC3CC3)C2)n1. The van der Waals surface area contributed by atoms with Gasteiger partial charge in [0.05, 0.1) is 19.9 Å². The standard InChI is InChI=1S/C15H21ClN4O3/c1-23-15-17-6-12(16)14(19-15)18-10-4-11(5-10)20(8-13(21)22)7-9-2-3-9/h6,9-11H,2-5,7-8H2,1H3,(H,21,22)(H,17,18,19). The number of nitrogens with one attached hydrogen (secondary N) is 1. The molecule has 2 fully saturated rings. The van der Waals surface area contributed by atoms with Crippen LogP contribution >= 0.6 is 11.6 Å². The Bertz CT molecular complexity index is 576. The Morgan fingerprint density at radius 1 is 1.52 bits per heavy atom. The minimum absolute atomic E-state index is 0.121. The van der Waals surface area contributed by atoms with Gasteiger partial charge in [0.15, 0.2) is 5.82 Å². The maximum atomic E-state index is 11.0. The van der Waals surface area contributed by atoms with Crippen molar-refractivity contribution < 1.29 is 14.6 Å². The molecule has 0 saturated heterocycles. The van der Waals surface area contributed by atoms with Crippen LogP contribution in [0.25, 0.3) is 0 Å². The van der Waals surface area contributed by atoms with E-state index in [0.29, 0.717) is 22.8 Å². The highest BCUT2D eigenvalue weighted by Gasteiger charge is 2.37. The quantitative estimate of drug-likeness (QED) is 0.747. The predicted octanol–water partition coefficient (Wildman–Crippen LogP) is 1.88. The highest BCUT2D eigenvalue weighted by atomic mass is 35.5. The molecular formula is C15H21ClN4O3. The summed E-state index contributed by atoms with van der Waals surface area (Å²) < 4.78 is 5.00. The Balaban J connectivity index is 1.54. The maximum absolute atomic E-state index is 11.0. The summed E-state index contributed by atoms with van der Waals surface area (Å²) in [6.07, 6.45) is 5.74. The fraction of sp³-hybridized carbons (Fsp3) is 0.667. The third-order valence-corrected chi connectivity index (χ3v) is 4.68. The lowest BCUT2D eigenvalue weighted by atomic mass is 9.85. The highest BCUT2D eigenvalue weighted by molar-refractivity contribution is 6.32. The number of ether oxygens (including phenoxy) is 1. The zero-order valence-electron chi connectivity index (χ0n) is 13.0. The first-order valence-electron chi connectivity index (χ1n) is 7.84. The van der Waals surface area contributed by atoms with E-state index in [1.165, 1.54) is 26.1 Å². The molecule has 0 unspecified atom stereocenters. The van der Waals surface area contributed by atoms with Crippen LogP contribution in [0.2, 0.25) is 5.02 Å². The van der Waals surface area contributed by atoms with Gasteiger partial charge < -0.3 is 15.2 Å². The van der Waals surface area contributed by atoms with Crippen LogP contribution in [0.15, 0.2) is 6.20 Å². The van der Waals surface area contributed by atoms with Gasteiger partial charge >= 0.3 is 12.0 Å². The zero-order chi connectivity index (χ0) is 16.4. The number of carbonyl (C=O) groups is 1. The van der Waals surface area contributed by atoms with E-state index in [0.717, 1.165) is 19.4 Å². The van der Waals surface area contributed by atoms with Gasteiger partial charge in [0, 0.05) is 18.6 Å². The Hall–Kier alpha value is -1.60. The van der Waals surface area contributed by atoms with Gasteiger partial charge in [-0.15, -0.1) is 0 Å². The Labute approximate surface area is 140 Å². The number of hydrogen-bond donors (Lipinski definition) is 2. The van der Waals surface area contributed by atoms with E-state index in [4.69, 9.17) is 21.4 Å². The topological polar surface area (TPSA) is 87.6 Å². The molecule has 1 aromatic rings. The molecule has 3 rings (SSSR count). The molecule has 1 heterocycles. The van der Waals surface area contributed by atoms with Gasteiger partial charge in [0.2, 0.25) is 0 Å². The second-order valence-corrected chi connectivity index (χ2v) is 6.69. The molecule has 0 aromatic carbocycles. The predicted molar refractivity (Wildman–Crippen MR) is 86.0 cm³/mol. The molecular weight excluding hydrogens is 320 g/mol. The second-order valence-electron chi connectivity index (χ2n) is 6.29. The number of anilines is 1. The molecule has 7 nitrogen and oxygen atoms in total. The van der Waals surface area contributed by atoms with E-state index in [9.17, 15) is 4.79 Å². The number of carboxylic acid groups (broad SMARTS) is 1. The molecule has 0 amide bonds. The van der Waals surface area contributed by atoms with Gasteiger partial charge in [-0.05, 0) is 31.6 Å². The molecule has 0 spiro atoms. The van der Waals surface area contributed by atoms with Crippen molar-refractivity contribution in [2.24, 2.45) is 5.92 Å². The number of halogens is 1. The largest absolute Gasteiger partial charge is 0.480 e. The summed E-state index contributed by atoms with van der Waals surface area (Å²) in [5.41, 5.74) is 0. The minimum atomic E-state index is -0.759. The monoisotopic (exact) mass is 340 g/mol. The first-order chi connectivity index (χ1) is 11.0. The van der Waals surface area contributed by atoms with Crippen LogP contribution in [0.4, 0.5) is 5.82 Å².